The first kappa shape index (κ1) is 26.8. The molecule has 0 saturated carbocycles. The second-order valence-electron chi connectivity index (χ2n) is 12.3. The monoisotopic (exact) mass is 617 g/mol. The van der Waals surface area contributed by atoms with Crippen LogP contribution in [0.1, 0.15) is 23.6 Å². The molecule has 0 amide bonds. The Kier molecular flexibility index (Phi) is 5.93. The van der Waals surface area contributed by atoms with Crippen LogP contribution in [-0.2, 0) is 6.42 Å². The lowest BCUT2D eigenvalue weighted by Crippen LogP contribution is -2.05. The molecule has 226 valence electrons. The zero-order valence-corrected chi connectivity index (χ0v) is 25.9. The molecule has 3 heterocycles. The Balaban J connectivity index is 1.20. The van der Waals surface area contributed by atoms with Crippen LogP contribution < -0.4 is 0 Å². The summed E-state index contributed by atoms with van der Waals surface area (Å²) in [4.78, 5) is 15.5. The summed E-state index contributed by atoms with van der Waals surface area (Å²) in [5.74, 6) is 2.94. The SMILES string of the molecule is C1=C(c2nc(-c3ccc4ccccc4c3)nc(-c3cccc4oc5ccc(-c6ccccc6)cc5c34)n2)CCc2oc3ccccc3c21. The van der Waals surface area contributed by atoms with Crippen molar-refractivity contribution in [1.82, 2.24) is 15.0 Å². The summed E-state index contributed by atoms with van der Waals surface area (Å²) < 4.78 is 12.6. The molecule has 5 nitrogen and oxygen atoms in total. The van der Waals surface area contributed by atoms with Gasteiger partial charge in [-0.1, -0.05) is 103 Å². The molecule has 0 radical (unpaired) electrons. The second-order valence-corrected chi connectivity index (χ2v) is 12.3. The number of benzene rings is 6. The number of hydrogen-bond donors (Lipinski definition) is 0. The van der Waals surface area contributed by atoms with Crippen LogP contribution >= 0.6 is 0 Å². The fourth-order valence-corrected chi connectivity index (χ4v) is 7.05. The number of nitrogens with zero attached hydrogens (tertiary/aromatic N) is 3. The summed E-state index contributed by atoms with van der Waals surface area (Å²) in [7, 11) is 0. The van der Waals surface area contributed by atoms with Crippen LogP contribution in [0.4, 0.5) is 0 Å². The highest BCUT2D eigenvalue weighted by atomic mass is 16.3. The van der Waals surface area contributed by atoms with Gasteiger partial charge >= 0.3 is 0 Å². The van der Waals surface area contributed by atoms with Gasteiger partial charge in [0.2, 0.25) is 0 Å². The van der Waals surface area contributed by atoms with Gasteiger partial charge in [0.05, 0.1) is 0 Å². The minimum absolute atomic E-state index is 0.616. The van der Waals surface area contributed by atoms with E-state index in [2.05, 4.69) is 109 Å². The van der Waals surface area contributed by atoms with E-state index in [0.717, 1.165) is 90.3 Å². The molecule has 0 aliphatic heterocycles. The van der Waals surface area contributed by atoms with Gasteiger partial charge in [-0.05, 0) is 70.3 Å². The summed E-state index contributed by atoms with van der Waals surface area (Å²) in [6.07, 6.45) is 3.76. The topological polar surface area (TPSA) is 65.0 Å². The van der Waals surface area contributed by atoms with E-state index in [4.69, 9.17) is 23.8 Å². The summed E-state index contributed by atoms with van der Waals surface area (Å²) in [5, 5.41) is 5.45. The van der Waals surface area contributed by atoms with Crippen LogP contribution in [0, 0.1) is 0 Å². The van der Waals surface area contributed by atoms with Gasteiger partial charge in [0, 0.05) is 39.3 Å². The van der Waals surface area contributed by atoms with Crippen molar-refractivity contribution in [2.45, 2.75) is 12.8 Å². The average molecular weight is 618 g/mol. The maximum atomic E-state index is 6.39. The Labute approximate surface area is 275 Å². The quantitative estimate of drug-likeness (QED) is 0.197. The van der Waals surface area contributed by atoms with Crippen LogP contribution in [0.25, 0.3) is 89.2 Å². The van der Waals surface area contributed by atoms with Crippen molar-refractivity contribution in [2.24, 2.45) is 0 Å². The maximum absolute atomic E-state index is 6.39. The Hall–Kier alpha value is -6.33. The standard InChI is InChI=1S/C43H27N3O2/c1-2-9-26(10-3-1)29-19-21-38-35(24-29)40-33(14-8-16-39(40)48-38)43-45-41(30-18-17-27-11-4-5-12-28(27)23-30)44-42(46-43)31-20-22-37-34(25-31)32-13-6-7-15-36(32)47-37/h1-19,21,23-25H,20,22H2. The Morgan fingerprint density at radius 1 is 0.458 bits per heavy atom. The molecule has 10 rings (SSSR count). The molecular formula is C43H27N3O2. The van der Waals surface area contributed by atoms with E-state index in [1.165, 1.54) is 5.39 Å². The molecule has 0 spiro atoms. The highest BCUT2D eigenvalue weighted by Gasteiger charge is 2.23. The van der Waals surface area contributed by atoms with Crippen molar-refractivity contribution in [3.05, 3.63) is 151 Å². The maximum Gasteiger partial charge on any atom is 0.164 e. The van der Waals surface area contributed by atoms with Crippen LogP contribution in [0.3, 0.4) is 0 Å². The van der Waals surface area contributed by atoms with Crippen LogP contribution in [0.5, 0.6) is 0 Å². The van der Waals surface area contributed by atoms with Gasteiger partial charge in [-0.25, -0.2) is 15.0 Å². The van der Waals surface area contributed by atoms with Crippen LogP contribution in [-0.4, -0.2) is 15.0 Å². The second kappa shape index (κ2) is 10.6. The van der Waals surface area contributed by atoms with E-state index in [-0.39, 0.29) is 0 Å². The molecule has 0 saturated heterocycles. The summed E-state index contributed by atoms with van der Waals surface area (Å²) in [6, 6.07) is 45.9. The van der Waals surface area contributed by atoms with Crippen molar-refractivity contribution in [3.63, 3.8) is 0 Å². The lowest BCUT2D eigenvalue weighted by molar-refractivity contribution is 0.547. The van der Waals surface area contributed by atoms with Crippen LogP contribution in [0.2, 0.25) is 0 Å². The highest BCUT2D eigenvalue weighted by Crippen LogP contribution is 2.40. The minimum Gasteiger partial charge on any atom is -0.460 e. The Morgan fingerprint density at radius 3 is 2.15 bits per heavy atom. The van der Waals surface area contributed by atoms with Gasteiger partial charge in [0.1, 0.15) is 22.5 Å². The van der Waals surface area contributed by atoms with Crippen molar-refractivity contribution < 1.29 is 8.83 Å². The number of furan rings is 2. The molecule has 0 bridgehead atoms. The third kappa shape index (κ3) is 4.36. The van der Waals surface area contributed by atoms with E-state index in [1.54, 1.807) is 0 Å². The smallest absolute Gasteiger partial charge is 0.164 e. The third-order valence-corrected chi connectivity index (χ3v) is 9.42. The van der Waals surface area contributed by atoms with Gasteiger partial charge in [0.15, 0.2) is 17.5 Å². The molecule has 0 fully saturated rings. The van der Waals surface area contributed by atoms with Gasteiger partial charge < -0.3 is 8.83 Å². The highest BCUT2D eigenvalue weighted by molar-refractivity contribution is 6.12. The minimum atomic E-state index is 0.616. The molecular weight excluding hydrogens is 590 g/mol. The number of rotatable bonds is 4. The summed E-state index contributed by atoms with van der Waals surface area (Å²) in [5.41, 5.74) is 8.85. The molecule has 0 N–H and O–H groups in total. The largest absolute Gasteiger partial charge is 0.460 e. The molecule has 0 unspecified atom stereocenters. The van der Waals surface area contributed by atoms with Gasteiger partial charge in [0.25, 0.3) is 0 Å². The first-order valence-electron chi connectivity index (χ1n) is 16.2. The fourth-order valence-electron chi connectivity index (χ4n) is 7.05. The first-order valence-corrected chi connectivity index (χ1v) is 16.2. The number of aromatic nitrogens is 3. The molecule has 9 aromatic rings. The number of aryl methyl sites for hydroxylation is 1. The molecule has 3 aromatic heterocycles. The Morgan fingerprint density at radius 2 is 1.21 bits per heavy atom. The van der Waals surface area contributed by atoms with Crippen molar-refractivity contribution in [1.29, 1.82) is 0 Å². The number of allylic oxidation sites excluding steroid dienone is 1. The molecule has 1 aliphatic carbocycles. The lowest BCUT2D eigenvalue weighted by atomic mass is 9.95. The molecule has 48 heavy (non-hydrogen) atoms. The summed E-state index contributed by atoms with van der Waals surface area (Å²) in [6.45, 7) is 0. The predicted molar refractivity (Wildman–Crippen MR) is 193 cm³/mol. The van der Waals surface area contributed by atoms with Crippen LogP contribution in [0.15, 0.2) is 142 Å². The van der Waals surface area contributed by atoms with Gasteiger partial charge in [-0.15, -0.1) is 0 Å². The summed E-state index contributed by atoms with van der Waals surface area (Å²) >= 11 is 0. The van der Waals surface area contributed by atoms with Gasteiger partial charge in [-0.3, -0.25) is 0 Å². The van der Waals surface area contributed by atoms with E-state index >= 15 is 0 Å². The van der Waals surface area contributed by atoms with E-state index in [1.807, 2.05) is 30.3 Å². The number of para-hydroxylation sites is 1. The van der Waals surface area contributed by atoms with Crippen molar-refractivity contribution >= 4 is 55.3 Å². The van der Waals surface area contributed by atoms with Crippen molar-refractivity contribution in [3.8, 4) is 33.9 Å². The fraction of sp³-hybridized carbons (Fsp3) is 0.0465. The normalized spacial score (nSPS) is 13.0. The number of fused-ring (bicyclic) bond motifs is 7. The third-order valence-electron chi connectivity index (χ3n) is 9.42. The van der Waals surface area contributed by atoms with E-state index in [9.17, 15) is 0 Å². The van der Waals surface area contributed by atoms with E-state index in [0.29, 0.717) is 17.5 Å². The predicted octanol–water partition coefficient (Wildman–Crippen LogP) is 11.2. The first-order chi connectivity index (χ1) is 23.7. The zero-order chi connectivity index (χ0) is 31.6. The molecule has 1 aliphatic rings. The van der Waals surface area contributed by atoms with Gasteiger partial charge in [-0.2, -0.15) is 0 Å². The molecule has 6 aromatic carbocycles. The average Bonchev–Trinajstić information content (AvgIpc) is 3.72. The molecule has 0 atom stereocenters. The van der Waals surface area contributed by atoms with Crippen molar-refractivity contribution in [2.75, 3.05) is 0 Å². The number of hydrogen-bond acceptors (Lipinski definition) is 5. The lowest BCUT2D eigenvalue weighted by Gasteiger charge is -2.14. The molecule has 5 heteroatoms. The van der Waals surface area contributed by atoms with E-state index < -0.39 is 0 Å². The zero-order valence-electron chi connectivity index (χ0n) is 25.9. The Bertz CT molecular complexity index is 2740.